The summed E-state index contributed by atoms with van der Waals surface area (Å²) in [6, 6.07) is 22.0. The van der Waals surface area contributed by atoms with Crippen molar-refractivity contribution in [1.82, 2.24) is 0 Å². The largest absolute Gasteiger partial charge is 0.488 e. The minimum atomic E-state index is -0.0189. The number of benzene rings is 3. The number of aliphatic hydroxyl groups excluding tert-OH is 1. The van der Waals surface area contributed by atoms with Gasteiger partial charge in [-0.15, -0.1) is 0 Å². The summed E-state index contributed by atoms with van der Waals surface area (Å²) >= 11 is 0. The van der Waals surface area contributed by atoms with E-state index in [1.807, 2.05) is 66.7 Å². The van der Waals surface area contributed by atoms with Crippen LogP contribution in [-0.4, -0.2) is 5.11 Å². The van der Waals surface area contributed by atoms with Gasteiger partial charge in [-0.25, -0.2) is 0 Å². The number of hydrogen-bond donors (Lipinski definition) is 1. The van der Waals surface area contributed by atoms with Gasteiger partial charge in [0.1, 0.15) is 12.4 Å². The Morgan fingerprint density at radius 1 is 0.800 bits per heavy atom. The maximum Gasteiger partial charge on any atom is 0.133 e. The molecule has 0 aromatic heterocycles. The van der Waals surface area contributed by atoms with Crippen LogP contribution in [0.4, 0.5) is 0 Å². The standard InChI is InChI=1S/C18H16O2/c19-12-16-11-10-15-8-4-5-9-17(15)18(16)20-13-14-6-2-1-3-7-14/h1-11,19H,12-13H2. The quantitative estimate of drug-likeness (QED) is 0.774. The molecule has 0 heterocycles. The van der Waals surface area contributed by atoms with Crippen molar-refractivity contribution >= 4 is 10.8 Å². The topological polar surface area (TPSA) is 29.5 Å². The van der Waals surface area contributed by atoms with E-state index in [0.717, 1.165) is 27.6 Å². The van der Waals surface area contributed by atoms with E-state index < -0.39 is 0 Å². The fraction of sp³-hybridized carbons (Fsp3) is 0.111. The van der Waals surface area contributed by atoms with E-state index in [1.165, 1.54) is 0 Å². The second kappa shape index (κ2) is 5.76. The van der Waals surface area contributed by atoms with Gasteiger partial charge >= 0.3 is 0 Å². The summed E-state index contributed by atoms with van der Waals surface area (Å²) in [5.41, 5.74) is 1.93. The molecule has 3 aromatic rings. The molecule has 0 fully saturated rings. The lowest BCUT2D eigenvalue weighted by molar-refractivity contribution is 0.261. The Kier molecular flexibility index (Phi) is 3.66. The van der Waals surface area contributed by atoms with Crippen molar-refractivity contribution in [3.8, 4) is 5.75 Å². The molecule has 3 rings (SSSR count). The highest BCUT2D eigenvalue weighted by atomic mass is 16.5. The Morgan fingerprint density at radius 3 is 2.35 bits per heavy atom. The van der Waals surface area contributed by atoms with E-state index in [0.29, 0.717) is 6.61 Å². The van der Waals surface area contributed by atoms with Crippen molar-refractivity contribution < 1.29 is 9.84 Å². The molecule has 0 saturated heterocycles. The van der Waals surface area contributed by atoms with Crippen molar-refractivity contribution in [3.63, 3.8) is 0 Å². The van der Waals surface area contributed by atoms with Crippen LogP contribution in [0.2, 0.25) is 0 Å². The van der Waals surface area contributed by atoms with Gasteiger partial charge < -0.3 is 9.84 Å². The molecule has 0 aliphatic carbocycles. The predicted octanol–water partition coefficient (Wildman–Crippen LogP) is 3.91. The summed E-state index contributed by atoms with van der Waals surface area (Å²) in [6.07, 6.45) is 0. The number of aliphatic hydroxyl groups is 1. The van der Waals surface area contributed by atoms with Crippen LogP contribution in [-0.2, 0) is 13.2 Å². The first-order valence-electron chi connectivity index (χ1n) is 6.66. The van der Waals surface area contributed by atoms with Gasteiger partial charge in [0.2, 0.25) is 0 Å². The van der Waals surface area contributed by atoms with Gasteiger partial charge in [-0.05, 0) is 10.9 Å². The summed E-state index contributed by atoms with van der Waals surface area (Å²) in [7, 11) is 0. The second-order valence-corrected chi connectivity index (χ2v) is 4.71. The average Bonchev–Trinajstić information content (AvgIpc) is 2.53. The molecule has 2 heteroatoms. The molecule has 0 radical (unpaired) electrons. The Morgan fingerprint density at radius 2 is 1.55 bits per heavy atom. The van der Waals surface area contributed by atoms with Gasteiger partial charge in [-0.1, -0.05) is 66.7 Å². The Labute approximate surface area is 118 Å². The van der Waals surface area contributed by atoms with E-state index in [9.17, 15) is 5.11 Å². The lowest BCUT2D eigenvalue weighted by Gasteiger charge is -2.13. The summed E-state index contributed by atoms with van der Waals surface area (Å²) in [4.78, 5) is 0. The van der Waals surface area contributed by atoms with Crippen LogP contribution in [0.25, 0.3) is 10.8 Å². The molecule has 20 heavy (non-hydrogen) atoms. The fourth-order valence-electron chi connectivity index (χ4n) is 2.31. The first-order chi connectivity index (χ1) is 9.88. The van der Waals surface area contributed by atoms with Crippen LogP contribution in [0.1, 0.15) is 11.1 Å². The van der Waals surface area contributed by atoms with Gasteiger partial charge in [0.15, 0.2) is 0 Å². The molecular formula is C18H16O2. The van der Waals surface area contributed by atoms with Crippen LogP contribution in [0, 0.1) is 0 Å². The van der Waals surface area contributed by atoms with Crippen LogP contribution in [0.15, 0.2) is 66.7 Å². The molecule has 3 aromatic carbocycles. The van der Waals surface area contributed by atoms with Crippen molar-refractivity contribution in [2.24, 2.45) is 0 Å². The Bertz CT molecular complexity index is 705. The minimum Gasteiger partial charge on any atom is -0.488 e. The van der Waals surface area contributed by atoms with Crippen LogP contribution >= 0.6 is 0 Å². The summed E-state index contributed by atoms with van der Waals surface area (Å²) in [5.74, 6) is 0.773. The molecule has 100 valence electrons. The molecule has 0 atom stereocenters. The zero-order valence-corrected chi connectivity index (χ0v) is 11.1. The van der Waals surface area contributed by atoms with E-state index in [4.69, 9.17) is 4.74 Å². The predicted molar refractivity (Wildman–Crippen MR) is 80.6 cm³/mol. The first-order valence-corrected chi connectivity index (χ1v) is 6.66. The Hall–Kier alpha value is -2.32. The molecule has 0 spiro atoms. The molecule has 1 N–H and O–H groups in total. The molecular weight excluding hydrogens is 248 g/mol. The highest BCUT2D eigenvalue weighted by molar-refractivity contribution is 5.89. The number of ether oxygens (including phenoxy) is 1. The van der Waals surface area contributed by atoms with Crippen LogP contribution in [0.3, 0.4) is 0 Å². The first kappa shape index (κ1) is 12.7. The van der Waals surface area contributed by atoms with Crippen LogP contribution in [0.5, 0.6) is 5.75 Å². The number of hydrogen-bond acceptors (Lipinski definition) is 2. The van der Waals surface area contributed by atoms with E-state index in [-0.39, 0.29) is 6.61 Å². The maximum atomic E-state index is 9.50. The van der Waals surface area contributed by atoms with Gasteiger partial charge in [-0.3, -0.25) is 0 Å². The summed E-state index contributed by atoms with van der Waals surface area (Å²) in [5, 5.41) is 11.7. The number of rotatable bonds is 4. The van der Waals surface area contributed by atoms with E-state index in [1.54, 1.807) is 0 Å². The molecule has 0 saturated carbocycles. The highest BCUT2D eigenvalue weighted by Gasteiger charge is 2.08. The molecule has 0 aliphatic rings. The van der Waals surface area contributed by atoms with Crippen LogP contribution < -0.4 is 4.74 Å². The van der Waals surface area contributed by atoms with E-state index in [2.05, 4.69) is 0 Å². The molecule has 2 nitrogen and oxygen atoms in total. The van der Waals surface area contributed by atoms with Gasteiger partial charge in [0.05, 0.1) is 6.61 Å². The van der Waals surface area contributed by atoms with Gasteiger partial charge in [0.25, 0.3) is 0 Å². The van der Waals surface area contributed by atoms with Gasteiger partial charge in [0, 0.05) is 10.9 Å². The summed E-state index contributed by atoms with van der Waals surface area (Å²) in [6.45, 7) is 0.483. The average molecular weight is 264 g/mol. The molecule has 0 bridgehead atoms. The summed E-state index contributed by atoms with van der Waals surface area (Å²) < 4.78 is 5.97. The Balaban J connectivity index is 1.96. The van der Waals surface area contributed by atoms with Crippen molar-refractivity contribution in [3.05, 3.63) is 77.9 Å². The lowest BCUT2D eigenvalue weighted by Crippen LogP contribution is -1.99. The fourth-order valence-corrected chi connectivity index (χ4v) is 2.31. The maximum absolute atomic E-state index is 9.50. The van der Waals surface area contributed by atoms with Crippen molar-refractivity contribution in [2.75, 3.05) is 0 Å². The monoisotopic (exact) mass is 264 g/mol. The zero-order valence-electron chi connectivity index (χ0n) is 11.1. The second-order valence-electron chi connectivity index (χ2n) is 4.71. The zero-order chi connectivity index (χ0) is 13.8. The minimum absolute atomic E-state index is 0.0189. The molecule has 0 amide bonds. The normalized spacial score (nSPS) is 10.7. The smallest absolute Gasteiger partial charge is 0.133 e. The van der Waals surface area contributed by atoms with Crippen molar-refractivity contribution in [1.29, 1.82) is 0 Å². The van der Waals surface area contributed by atoms with E-state index >= 15 is 0 Å². The third-order valence-electron chi connectivity index (χ3n) is 3.36. The van der Waals surface area contributed by atoms with Gasteiger partial charge in [-0.2, -0.15) is 0 Å². The van der Waals surface area contributed by atoms with Crippen molar-refractivity contribution in [2.45, 2.75) is 13.2 Å². The highest BCUT2D eigenvalue weighted by Crippen LogP contribution is 2.30. The lowest BCUT2D eigenvalue weighted by atomic mass is 10.1. The third-order valence-corrected chi connectivity index (χ3v) is 3.36. The SMILES string of the molecule is OCc1ccc2ccccc2c1OCc1ccccc1. The molecule has 0 unspecified atom stereocenters. The third kappa shape index (κ3) is 2.51. The molecule has 0 aliphatic heterocycles. The number of fused-ring (bicyclic) bond motifs is 1.